The van der Waals surface area contributed by atoms with Crippen LogP contribution < -0.4 is 4.74 Å². The van der Waals surface area contributed by atoms with Crippen molar-refractivity contribution in [3.8, 4) is 5.75 Å². The quantitative estimate of drug-likeness (QED) is 0.590. The summed E-state index contributed by atoms with van der Waals surface area (Å²) in [4.78, 5) is 11.9. The summed E-state index contributed by atoms with van der Waals surface area (Å²) in [5.41, 5.74) is 0.474. The number of hydrogen-bond acceptors (Lipinski definition) is 3. The lowest BCUT2D eigenvalue weighted by molar-refractivity contribution is -0.124. The number of para-hydroxylation sites is 1. The molecule has 0 amide bonds. The van der Waals surface area contributed by atoms with Crippen LogP contribution in [0.2, 0.25) is 0 Å². The van der Waals surface area contributed by atoms with E-state index in [1.54, 1.807) is 24.3 Å². The zero-order chi connectivity index (χ0) is 12.3. The molecule has 0 spiro atoms. The molecule has 1 aliphatic rings. The highest BCUT2D eigenvalue weighted by atomic mass is 16.7. The molecule has 0 N–H and O–H groups in total. The lowest BCUT2D eigenvalue weighted by atomic mass is 10.1. The zero-order valence-corrected chi connectivity index (χ0v) is 9.94. The van der Waals surface area contributed by atoms with Gasteiger partial charge in [0.1, 0.15) is 11.3 Å². The number of carbonyl (C=O) groups is 1. The molecule has 17 heavy (non-hydrogen) atoms. The number of rotatable bonds is 4. The van der Waals surface area contributed by atoms with E-state index in [1.165, 1.54) is 0 Å². The van der Waals surface area contributed by atoms with Crippen LogP contribution in [0.15, 0.2) is 36.9 Å². The molecule has 1 heterocycles. The molecule has 0 radical (unpaired) electrons. The summed E-state index contributed by atoms with van der Waals surface area (Å²) >= 11 is 0. The second-order valence-corrected chi connectivity index (χ2v) is 4.11. The van der Waals surface area contributed by atoms with E-state index in [-0.39, 0.29) is 5.97 Å². The minimum Gasteiger partial charge on any atom is -0.448 e. The molecule has 0 aromatic heterocycles. The van der Waals surface area contributed by atoms with E-state index >= 15 is 0 Å². The minimum atomic E-state index is -0.999. The van der Waals surface area contributed by atoms with Gasteiger partial charge in [-0.1, -0.05) is 32.1 Å². The van der Waals surface area contributed by atoms with Crippen LogP contribution in [-0.4, -0.2) is 11.8 Å². The van der Waals surface area contributed by atoms with Gasteiger partial charge in [-0.15, -0.1) is 0 Å². The molecule has 0 aliphatic carbocycles. The number of unbranched alkanes of at least 4 members (excludes halogenated alkanes) is 1. The molecule has 1 aromatic carbocycles. The summed E-state index contributed by atoms with van der Waals surface area (Å²) in [6, 6.07) is 7.10. The van der Waals surface area contributed by atoms with Gasteiger partial charge in [-0.2, -0.15) is 0 Å². The fourth-order valence-corrected chi connectivity index (χ4v) is 1.85. The molecular formula is C14H16O3. The first-order valence-electron chi connectivity index (χ1n) is 5.86. The summed E-state index contributed by atoms with van der Waals surface area (Å²) in [7, 11) is 0. The Kier molecular flexibility index (Phi) is 3.18. The largest absolute Gasteiger partial charge is 0.448 e. The molecule has 0 saturated heterocycles. The molecule has 90 valence electrons. The molecule has 1 unspecified atom stereocenters. The van der Waals surface area contributed by atoms with Crippen LogP contribution in [0.3, 0.4) is 0 Å². The third-order valence-electron chi connectivity index (χ3n) is 2.84. The molecule has 1 atom stereocenters. The van der Waals surface area contributed by atoms with Crippen molar-refractivity contribution in [1.29, 1.82) is 0 Å². The smallest absolute Gasteiger partial charge is 0.345 e. The van der Waals surface area contributed by atoms with Gasteiger partial charge in [0.15, 0.2) is 0 Å². The number of ether oxygens (including phenoxy) is 2. The number of benzene rings is 1. The van der Waals surface area contributed by atoms with E-state index in [4.69, 9.17) is 9.47 Å². The molecular weight excluding hydrogens is 216 g/mol. The summed E-state index contributed by atoms with van der Waals surface area (Å²) in [5, 5.41) is 0. The number of carbonyl (C=O) groups excluding carboxylic acids is 1. The Morgan fingerprint density at radius 1 is 1.35 bits per heavy atom. The van der Waals surface area contributed by atoms with Gasteiger partial charge < -0.3 is 9.47 Å². The minimum absolute atomic E-state index is 0.345. The van der Waals surface area contributed by atoms with Crippen molar-refractivity contribution in [3.63, 3.8) is 0 Å². The van der Waals surface area contributed by atoms with E-state index in [1.807, 2.05) is 6.07 Å². The molecule has 1 aromatic rings. The average molecular weight is 232 g/mol. The van der Waals surface area contributed by atoms with E-state index < -0.39 is 5.79 Å². The van der Waals surface area contributed by atoms with Crippen molar-refractivity contribution >= 4 is 5.97 Å². The molecule has 2 rings (SSSR count). The summed E-state index contributed by atoms with van der Waals surface area (Å²) in [6.07, 6.45) is 4.13. The van der Waals surface area contributed by atoms with Crippen LogP contribution in [0, 0.1) is 0 Å². The van der Waals surface area contributed by atoms with Gasteiger partial charge >= 0.3 is 5.97 Å². The summed E-state index contributed by atoms with van der Waals surface area (Å²) < 4.78 is 11.2. The lowest BCUT2D eigenvalue weighted by Crippen LogP contribution is -2.42. The van der Waals surface area contributed by atoms with Gasteiger partial charge in [-0.3, -0.25) is 0 Å². The Balaban J connectivity index is 2.30. The average Bonchev–Trinajstić information content (AvgIpc) is 2.36. The van der Waals surface area contributed by atoms with Gasteiger partial charge in [-0.25, -0.2) is 4.79 Å². The first-order valence-corrected chi connectivity index (χ1v) is 5.86. The van der Waals surface area contributed by atoms with Gasteiger partial charge in [0.05, 0.1) is 0 Å². The first kappa shape index (κ1) is 11.7. The third-order valence-corrected chi connectivity index (χ3v) is 2.84. The van der Waals surface area contributed by atoms with E-state index in [9.17, 15) is 4.79 Å². The molecule has 1 aliphatic heterocycles. The lowest BCUT2D eigenvalue weighted by Gasteiger charge is -2.35. The van der Waals surface area contributed by atoms with E-state index in [0.717, 1.165) is 12.8 Å². The van der Waals surface area contributed by atoms with Crippen molar-refractivity contribution in [2.45, 2.75) is 32.0 Å². The van der Waals surface area contributed by atoms with Crippen LogP contribution in [0.25, 0.3) is 0 Å². The van der Waals surface area contributed by atoms with Crippen LogP contribution in [-0.2, 0) is 4.74 Å². The highest BCUT2D eigenvalue weighted by molar-refractivity contribution is 5.93. The van der Waals surface area contributed by atoms with Gasteiger partial charge in [-0.05, 0) is 24.6 Å². The van der Waals surface area contributed by atoms with Crippen molar-refractivity contribution in [3.05, 3.63) is 42.5 Å². The highest BCUT2D eigenvalue weighted by Crippen LogP contribution is 2.34. The monoisotopic (exact) mass is 232 g/mol. The van der Waals surface area contributed by atoms with Crippen LogP contribution >= 0.6 is 0 Å². The molecule has 0 fully saturated rings. The molecule has 0 saturated carbocycles. The van der Waals surface area contributed by atoms with Gasteiger partial charge in [0.25, 0.3) is 5.79 Å². The fraction of sp³-hybridized carbons (Fsp3) is 0.357. The third kappa shape index (κ3) is 2.18. The molecule has 3 nitrogen and oxygen atoms in total. The van der Waals surface area contributed by atoms with Crippen LogP contribution in [0.1, 0.15) is 36.5 Å². The Bertz CT molecular complexity index is 439. The summed E-state index contributed by atoms with van der Waals surface area (Å²) in [5.74, 6) is -0.774. The van der Waals surface area contributed by atoms with Crippen LogP contribution in [0.4, 0.5) is 0 Å². The molecule has 0 bridgehead atoms. The van der Waals surface area contributed by atoms with E-state index in [2.05, 4.69) is 13.5 Å². The van der Waals surface area contributed by atoms with Crippen molar-refractivity contribution in [1.82, 2.24) is 0 Å². The molecule has 3 heteroatoms. The Labute approximate surface area is 101 Å². The second-order valence-electron chi connectivity index (χ2n) is 4.11. The fourth-order valence-electron chi connectivity index (χ4n) is 1.85. The number of fused-ring (bicyclic) bond motifs is 1. The Hall–Kier alpha value is -1.77. The number of hydrogen-bond donors (Lipinski definition) is 0. The second kappa shape index (κ2) is 4.62. The highest BCUT2D eigenvalue weighted by Gasteiger charge is 2.39. The van der Waals surface area contributed by atoms with E-state index in [0.29, 0.717) is 17.7 Å². The van der Waals surface area contributed by atoms with Gasteiger partial charge in [0, 0.05) is 6.42 Å². The first-order chi connectivity index (χ1) is 8.21. The van der Waals surface area contributed by atoms with Gasteiger partial charge in [0.2, 0.25) is 0 Å². The number of cyclic esters (lactones) is 1. The Morgan fingerprint density at radius 3 is 2.82 bits per heavy atom. The Morgan fingerprint density at radius 2 is 2.12 bits per heavy atom. The maximum Gasteiger partial charge on any atom is 0.345 e. The maximum atomic E-state index is 11.9. The maximum absolute atomic E-state index is 11.9. The zero-order valence-electron chi connectivity index (χ0n) is 9.94. The van der Waals surface area contributed by atoms with Crippen molar-refractivity contribution in [2.24, 2.45) is 0 Å². The SMILES string of the molecule is C=CC1(CCCC)OC(=O)c2ccccc2O1. The summed E-state index contributed by atoms with van der Waals surface area (Å²) in [6.45, 7) is 5.79. The predicted octanol–water partition coefficient (Wildman–Crippen LogP) is 3.31. The van der Waals surface area contributed by atoms with Crippen LogP contribution in [0.5, 0.6) is 5.75 Å². The predicted molar refractivity (Wildman–Crippen MR) is 64.9 cm³/mol. The van der Waals surface area contributed by atoms with Crippen molar-refractivity contribution in [2.75, 3.05) is 0 Å². The standard InChI is InChI=1S/C14H16O3/c1-3-5-10-14(4-2)16-12-9-7-6-8-11(12)13(15)17-14/h4,6-9H,2-3,5,10H2,1H3. The number of esters is 1. The topological polar surface area (TPSA) is 35.5 Å². The normalized spacial score (nSPS) is 22.3. The van der Waals surface area contributed by atoms with Crippen molar-refractivity contribution < 1.29 is 14.3 Å².